The predicted molar refractivity (Wildman–Crippen MR) is 112 cm³/mol. The summed E-state index contributed by atoms with van der Waals surface area (Å²) in [5, 5.41) is 0. The van der Waals surface area contributed by atoms with Gasteiger partial charge in [0.2, 0.25) is 5.91 Å². The third kappa shape index (κ3) is 3.04. The van der Waals surface area contributed by atoms with Crippen molar-refractivity contribution in [2.45, 2.75) is 26.2 Å². The summed E-state index contributed by atoms with van der Waals surface area (Å²) in [6.45, 7) is 5.74. The summed E-state index contributed by atoms with van der Waals surface area (Å²) >= 11 is 0. The van der Waals surface area contributed by atoms with Gasteiger partial charge in [-0.25, -0.2) is 4.79 Å². The molecule has 0 unspecified atom stereocenters. The molecule has 0 aliphatic carbocycles. The Morgan fingerprint density at radius 1 is 1.03 bits per heavy atom. The van der Waals surface area contributed by atoms with E-state index in [0.717, 1.165) is 25.8 Å². The van der Waals surface area contributed by atoms with Gasteiger partial charge >= 0.3 is 6.03 Å². The fraction of sp³-hybridized carbons (Fsp3) is 0.636. The number of likely N-dealkylation sites (tertiary alicyclic amines) is 3. The van der Waals surface area contributed by atoms with Crippen LogP contribution in [0.1, 0.15) is 36.5 Å². The van der Waals surface area contributed by atoms with Gasteiger partial charge in [-0.05, 0) is 38.3 Å². The number of piperidine rings is 1. The fourth-order valence-electron chi connectivity index (χ4n) is 5.71. The molecule has 4 heterocycles. The first-order valence-corrected chi connectivity index (χ1v) is 10.8. The quantitative estimate of drug-likeness (QED) is 0.737. The van der Waals surface area contributed by atoms with Crippen LogP contribution in [-0.2, 0) is 4.79 Å². The maximum absolute atomic E-state index is 13.5. The van der Waals surface area contributed by atoms with Gasteiger partial charge in [0, 0.05) is 76.7 Å². The molecule has 3 aliphatic heterocycles. The van der Waals surface area contributed by atoms with Crippen molar-refractivity contribution in [3.63, 3.8) is 0 Å². The number of hydrogen-bond acceptors (Lipinski definition) is 4. The molecule has 30 heavy (non-hydrogen) atoms. The minimum Gasteiger partial charge on any atom is -0.342 e. The number of nitrogens with zero attached hydrogens (tertiary/aromatic N) is 5. The van der Waals surface area contributed by atoms with E-state index in [2.05, 4.69) is 4.98 Å². The zero-order chi connectivity index (χ0) is 21.5. The molecule has 8 nitrogen and oxygen atoms in total. The van der Waals surface area contributed by atoms with Gasteiger partial charge in [0.15, 0.2) is 0 Å². The monoisotopic (exact) mass is 413 g/mol. The Morgan fingerprint density at radius 2 is 1.70 bits per heavy atom. The number of urea groups is 1. The van der Waals surface area contributed by atoms with Crippen molar-refractivity contribution in [3.8, 4) is 0 Å². The lowest BCUT2D eigenvalue weighted by atomic mass is 9.60. The minimum absolute atomic E-state index is 0.00783. The van der Waals surface area contributed by atoms with Crippen LogP contribution in [0.5, 0.6) is 0 Å². The SMILES string of the molecule is CCN1CC[C@@]2(CN(C(=O)N(C)C)CC23CCN(C(=O)c2ccncc2)CC3)C1=O. The van der Waals surface area contributed by atoms with E-state index in [1.165, 1.54) is 0 Å². The molecule has 1 aromatic heterocycles. The molecule has 4 rings (SSSR count). The Balaban J connectivity index is 1.58. The van der Waals surface area contributed by atoms with Crippen LogP contribution in [0.3, 0.4) is 0 Å². The van der Waals surface area contributed by atoms with Crippen LogP contribution in [0, 0.1) is 10.8 Å². The van der Waals surface area contributed by atoms with Crippen molar-refractivity contribution in [2.75, 3.05) is 53.4 Å². The van der Waals surface area contributed by atoms with Crippen LogP contribution in [-0.4, -0.2) is 95.8 Å². The zero-order valence-corrected chi connectivity index (χ0v) is 18.1. The van der Waals surface area contributed by atoms with Gasteiger partial charge in [0.1, 0.15) is 0 Å². The maximum Gasteiger partial charge on any atom is 0.319 e. The van der Waals surface area contributed by atoms with Crippen molar-refractivity contribution in [1.29, 1.82) is 0 Å². The second-order valence-corrected chi connectivity index (χ2v) is 9.06. The Hall–Kier alpha value is -2.64. The molecule has 8 heteroatoms. The molecule has 0 saturated carbocycles. The first kappa shape index (κ1) is 20.6. The molecule has 3 saturated heterocycles. The molecular weight excluding hydrogens is 382 g/mol. The summed E-state index contributed by atoms with van der Waals surface area (Å²) < 4.78 is 0. The normalized spacial score (nSPS) is 25.4. The zero-order valence-electron chi connectivity index (χ0n) is 18.1. The number of hydrogen-bond donors (Lipinski definition) is 0. The van der Waals surface area contributed by atoms with Crippen LogP contribution in [0.15, 0.2) is 24.5 Å². The van der Waals surface area contributed by atoms with E-state index in [1.54, 1.807) is 43.5 Å². The third-order valence-electron chi connectivity index (χ3n) is 7.44. The minimum atomic E-state index is -0.527. The molecule has 1 aromatic rings. The number of pyridine rings is 1. The Labute approximate surface area is 177 Å². The average molecular weight is 414 g/mol. The van der Waals surface area contributed by atoms with E-state index in [-0.39, 0.29) is 23.3 Å². The van der Waals surface area contributed by atoms with E-state index < -0.39 is 5.41 Å². The summed E-state index contributed by atoms with van der Waals surface area (Å²) in [6.07, 6.45) is 5.53. The number of carbonyl (C=O) groups is 3. The first-order valence-electron chi connectivity index (χ1n) is 10.8. The number of aromatic nitrogens is 1. The number of rotatable bonds is 2. The van der Waals surface area contributed by atoms with Crippen LogP contribution >= 0.6 is 0 Å². The summed E-state index contributed by atoms with van der Waals surface area (Å²) in [5.41, 5.74) is -0.157. The second-order valence-electron chi connectivity index (χ2n) is 9.06. The van der Waals surface area contributed by atoms with Gasteiger partial charge < -0.3 is 19.6 Å². The molecule has 2 spiro atoms. The smallest absolute Gasteiger partial charge is 0.319 e. The number of fused-ring (bicyclic) bond motifs is 1. The van der Waals surface area contributed by atoms with Crippen LogP contribution in [0.2, 0.25) is 0 Å². The highest BCUT2D eigenvalue weighted by Crippen LogP contribution is 2.58. The molecule has 3 fully saturated rings. The summed E-state index contributed by atoms with van der Waals surface area (Å²) in [6, 6.07) is 3.44. The first-order chi connectivity index (χ1) is 14.3. The third-order valence-corrected chi connectivity index (χ3v) is 7.44. The highest BCUT2D eigenvalue weighted by atomic mass is 16.2. The lowest BCUT2D eigenvalue weighted by Gasteiger charge is -2.46. The molecule has 0 aromatic carbocycles. The van der Waals surface area contributed by atoms with Gasteiger partial charge in [-0.1, -0.05) is 0 Å². The van der Waals surface area contributed by atoms with Crippen LogP contribution < -0.4 is 0 Å². The molecule has 0 N–H and O–H groups in total. The largest absolute Gasteiger partial charge is 0.342 e. The fourth-order valence-corrected chi connectivity index (χ4v) is 5.71. The lowest BCUT2D eigenvalue weighted by Crippen LogP contribution is -2.53. The van der Waals surface area contributed by atoms with Crippen molar-refractivity contribution in [3.05, 3.63) is 30.1 Å². The molecule has 1 atom stereocenters. The standard InChI is InChI=1S/C22H31N5O3/c1-4-25-14-9-22(19(25)29)16-27(20(30)24(2)3)15-21(22)7-12-26(13-8-21)18(28)17-5-10-23-11-6-17/h5-6,10-11H,4,7-9,12-16H2,1-3H3/t22-/m1/s1. The molecule has 4 amide bonds. The highest BCUT2D eigenvalue weighted by molar-refractivity contribution is 5.94. The number of amides is 4. The molecule has 0 radical (unpaired) electrons. The van der Waals surface area contributed by atoms with Crippen LogP contribution in [0.4, 0.5) is 4.79 Å². The van der Waals surface area contributed by atoms with E-state index in [4.69, 9.17) is 0 Å². The Bertz CT molecular complexity index is 834. The van der Waals surface area contributed by atoms with Crippen molar-refractivity contribution >= 4 is 17.8 Å². The van der Waals surface area contributed by atoms with Gasteiger partial charge in [0.05, 0.1) is 5.41 Å². The lowest BCUT2D eigenvalue weighted by molar-refractivity contribution is -0.141. The van der Waals surface area contributed by atoms with Crippen molar-refractivity contribution in [2.24, 2.45) is 10.8 Å². The average Bonchev–Trinajstić information content (AvgIpc) is 3.26. The van der Waals surface area contributed by atoms with Crippen molar-refractivity contribution in [1.82, 2.24) is 24.6 Å². The topological polar surface area (TPSA) is 77.1 Å². The van der Waals surface area contributed by atoms with E-state index >= 15 is 0 Å². The maximum atomic E-state index is 13.5. The molecular formula is C22H31N5O3. The Morgan fingerprint density at radius 3 is 2.27 bits per heavy atom. The van der Waals surface area contributed by atoms with Gasteiger partial charge in [-0.2, -0.15) is 0 Å². The summed E-state index contributed by atoms with van der Waals surface area (Å²) in [5.74, 6) is 0.196. The predicted octanol–water partition coefficient (Wildman–Crippen LogP) is 1.54. The number of carbonyl (C=O) groups excluding carboxylic acids is 3. The highest BCUT2D eigenvalue weighted by Gasteiger charge is 2.66. The van der Waals surface area contributed by atoms with Gasteiger partial charge in [-0.15, -0.1) is 0 Å². The Kier molecular flexibility index (Phi) is 5.20. The van der Waals surface area contributed by atoms with Crippen molar-refractivity contribution < 1.29 is 14.4 Å². The summed E-state index contributed by atoms with van der Waals surface area (Å²) in [4.78, 5) is 50.4. The summed E-state index contributed by atoms with van der Waals surface area (Å²) in [7, 11) is 3.51. The molecule has 0 bridgehead atoms. The molecule has 162 valence electrons. The van der Waals surface area contributed by atoms with E-state index in [1.807, 2.05) is 21.6 Å². The van der Waals surface area contributed by atoms with E-state index in [9.17, 15) is 14.4 Å². The van der Waals surface area contributed by atoms with Gasteiger partial charge in [0.25, 0.3) is 5.91 Å². The van der Waals surface area contributed by atoms with Gasteiger partial charge in [-0.3, -0.25) is 14.6 Å². The van der Waals surface area contributed by atoms with E-state index in [0.29, 0.717) is 38.3 Å². The second kappa shape index (κ2) is 7.56. The molecule has 3 aliphatic rings. The van der Waals surface area contributed by atoms with Crippen LogP contribution in [0.25, 0.3) is 0 Å².